The molecule has 1 aromatic carbocycles. The molecule has 2 heterocycles. The molecular formula is C17H16FN3S. The predicted molar refractivity (Wildman–Crippen MR) is 88.4 cm³/mol. The van der Waals surface area contributed by atoms with Crippen LogP contribution in [0.25, 0.3) is 10.2 Å². The van der Waals surface area contributed by atoms with E-state index in [9.17, 15) is 4.39 Å². The first-order valence-electron chi connectivity index (χ1n) is 7.59. The van der Waals surface area contributed by atoms with Crippen molar-refractivity contribution in [1.29, 1.82) is 0 Å². The van der Waals surface area contributed by atoms with Gasteiger partial charge in [0.15, 0.2) is 0 Å². The van der Waals surface area contributed by atoms with Crippen molar-refractivity contribution in [3.05, 3.63) is 46.9 Å². The first kappa shape index (κ1) is 13.6. The number of nitrogens with one attached hydrogen (secondary N) is 1. The Labute approximate surface area is 132 Å². The minimum absolute atomic E-state index is 0.234. The van der Waals surface area contributed by atoms with E-state index in [-0.39, 0.29) is 5.82 Å². The Kier molecular flexibility index (Phi) is 3.50. The van der Waals surface area contributed by atoms with E-state index in [1.54, 1.807) is 29.8 Å². The number of nitrogens with zero attached hydrogens (tertiary/aromatic N) is 2. The maximum atomic E-state index is 13.0. The summed E-state index contributed by atoms with van der Waals surface area (Å²) >= 11 is 1.79. The van der Waals surface area contributed by atoms with Gasteiger partial charge in [0.25, 0.3) is 0 Å². The summed E-state index contributed by atoms with van der Waals surface area (Å²) in [6, 6.07) is 6.37. The summed E-state index contributed by atoms with van der Waals surface area (Å²) in [6.07, 6.45) is 7.62. The lowest BCUT2D eigenvalue weighted by Gasteiger charge is -2.08. The van der Waals surface area contributed by atoms with Crippen LogP contribution in [0.1, 0.15) is 29.7 Å². The lowest BCUT2D eigenvalue weighted by Crippen LogP contribution is -1.97. The molecule has 3 aromatic rings. The van der Waals surface area contributed by atoms with Gasteiger partial charge in [0, 0.05) is 10.6 Å². The fourth-order valence-electron chi connectivity index (χ4n) is 3.03. The monoisotopic (exact) mass is 313 g/mol. The number of hydrogen-bond donors (Lipinski definition) is 1. The van der Waals surface area contributed by atoms with Crippen molar-refractivity contribution < 1.29 is 4.39 Å². The highest BCUT2D eigenvalue weighted by molar-refractivity contribution is 7.18. The topological polar surface area (TPSA) is 37.8 Å². The third-order valence-corrected chi connectivity index (χ3v) is 5.31. The van der Waals surface area contributed by atoms with Crippen LogP contribution in [-0.4, -0.2) is 9.97 Å². The predicted octanol–water partition coefficient (Wildman–Crippen LogP) is 4.84. The Morgan fingerprint density at radius 1 is 1.00 bits per heavy atom. The van der Waals surface area contributed by atoms with E-state index in [0.717, 1.165) is 34.6 Å². The Morgan fingerprint density at radius 3 is 2.68 bits per heavy atom. The van der Waals surface area contributed by atoms with Crippen LogP contribution in [0.2, 0.25) is 0 Å². The number of halogens is 1. The Bertz CT molecular complexity index is 811. The van der Waals surface area contributed by atoms with Crippen molar-refractivity contribution >= 4 is 33.1 Å². The van der Waals surface area contributed by atoms with Gasteiger partial charge in [0.05, 0.1) is 5.39 Å². The summed E-state index contributed by atoms with van der Waals surface area (Å²) < 4.78 is 13.0. The Hall–Kier alpha value is -2.01. The van der Waals surface area contributed by atoms with Gasteiger partial charge < -0.3 is 5.32 Å². The van der Waals surface area contributed by atoms with Crippen LogP contribution in [0.5, 0.6) is 0 Å². The quantitative estimate of drug-likeness (QED) is 0.688. The molecule has 112 valence electrons. The standard InChI is InChI=1S/C17H16FN3S/c18-11-6-8-12(9-7-11)21-16-15-13-4-2-1-3-5-14(13)22-17(15)20-10-19-16/h6-10H,1-5H2,(H,19,20,21). The molecular weight excluding hydrogens is 297 g/mol. The molecule has 0 saturated carbocycles. The van der Waals surface area contributed by atoms with Crippen molar-refractivity contribution in [3.63, 3.8) is 0 Å². The molecule has 0 unspecified atom stereocenters. The fraction of sp³-hybridized carbons (Fsp3) is 0.294. The van der Waals surface area contributed by atoms with Crippen LogP contribution in [-0.2, 0) is 12.8 Å². The average molecular weight is 313 g/mol. The molecule has 0 radical (unpaired) electrons. The summed E-state index contributed by atoms with van der Waals surface area (Å²) in [7, 11) is 0. The molecule has 1 aliphatic carbocycles. The fourth-order valence-corrected chi connectivity index (χ4v) is 4.26. The average Bonchev–Trinajstić information content (AvgIpc) is 2.73. The number of benzene rings is 1. The third-order valence-electron chi connectivity index (χ3n) is 4.11. The Morgan fingerprint density at radius 2 is 1.82 bits per heavy atom. The second-order valence-corrected chi connectivity index (χ2v) is 6.68. The van der Waals surface area contributed by atoms with Crippen LogP contribution < -0.4 is 5.32 Å². The molecule has 0 aliphatic heterocycles. The number of thiophene rings is 1. The molecule has 0 saturated heterocycles. The van der Waals surface area contributed by atoms with Crippen molar-refractivity contribution in [2.75, 3.05) is 5.32 Å². The zero-order valence-corrected chi connectivity index (χ0v) is 12.9. The van der Waals surface area contributed by atoms with Gasteiger partial charge in [-0.3, -0.25) is 0 Å². The maximum Gasteiger partial charge on any atom is 0.142 e. The van der Waals surface area contributed by atoms with Crippen LogP contribution in [0.15, 0.2) is 30.6 Å². The lowest BCUT2D eigenvalue weighted by atomic mass is 10.1. The molecule has 0 atom stereocenters. The Balaban J connectivity index is 1.80. The van der Waals surface area contributed by atoms with Crippen molar-refractivity contribution in [1.82, 2.24) is 9.97 Å². The zero-order valence-electron chi connectivity index (χ0n) is 12.1. The van der Waals surface area contributed by atoms with Gasteiger partial charge in [-0.2, -0.15) is 0 Å². The number of aromatic nitrogens is 2. The van der Waals surface area contributed by atoms with Gasteiger partial charge >= 0.3 is 0 Å². The van der Waals surface area contributed by atoms with Gasteiger partial charge in [-0.25, -0.2) is 14.4 Å². The first-order valence-corrected chi connectivity index (χ1v) is 8.41. The zero-order chi connectivity index (χ0) is 14.9. The summed E-state index contributed by atoms with van der Waals surface area (Å²) in [5, 5.41) is 4.47. The highest BCUT2D eigenvalue weighted by Crippen LogP contribution is 2.38. The SMILES string of the molecule is Fc1ccc(Nc2ncnc3sc4c(c23)CCCCC4)cc1. The molecule has 5 heteroatoms. The minimum Gasteiger partial charge on any atom is -0.340 e. The molecule has 0 bridgehead atoms. The largest absolute Gasteiger partial charge is 0.340 e. The first-order chi connectivity index (χ1) is 10.8. The van der Waals surface area contributed by atoms with Gasteiger partial charge in [0.2, 0.25) is 0 Å². The van der Waals surface area contributed by atoms with E-state index in [1.165, 1.54) is 41.8 Å². The van der Waals surface area contributed by atoms with E-state index in [1.807, 2.05) is 0 Å². The van der Waals surface area contributed by atoms with E-state index >= 15 is 0 Å². The number of rotatable bonds is 2. The van der Waals surface area contributed by atoms with Gasteiger partial charge in [-0.05, 0) is 55.5 Å². The van der Waals surface area contributed by atoms with E-state index < -0.39 is 0 Å². The van der Waals surface area contributed by atoms with Gasteiger partial charge in [-0.15, -0.1) is 11.3 Å². The molecule has 1 aliphatic rings. The molecule has 22 heavy (non-hydrogen) atoms. The number of fused-ring (bicyclic) bond motifs is 3. The van der Waals surface area contributed by atoms with Crippen LogP contribution >= 0.6 is 11.3 Å². The lowest BCUT2D eigenvalue weighted by molar-refractivity contribution is 0.628. The summed E-state index contributed by atoms with van der Waals surface area (Å²) in [6.45, 7) is 0. The molecule has 0 spiro atoms. The second kappa shape index (κ2) is 5.65. The van der Waals surface area contributed by atoms with Crippen molar-refractivity contribution in [3.8, 4) is 0 Å². The highest BCUT2D eigenvalue weighted by atomic mass is 32.1. The highest BCUT2D eigenvalue weighted by Gasteiger charge is 2.18. The molecule has 4 rings (SSSR count). The van der Waals surface area contributed by atoms with Crippen LogP contribution in [0.4, 0.5) is 15.9 Å². The number of aryl methyl sites for hydroxylation is 2. The van der Waals surface area contributed by atoms with Gasteiger partial charge in [0.1, 0.15) is 22.8 Å². The third kappa shape index (κ3) is 2.46. The van der Waals surface area contributed by atoms with Crippen molar-refractivity contribution in [2.24, 2.45) is 0 Å². The van der Waals surface area contributed by atoms with E-state index in [0.29, 0.717) is 0 Å². The molecule has 3 nitrogen and oxygen atoms in total. The van der Waals surface area contributed by atoms with Crippen molar-refractivity contribution in [2.45, 2.75) is 32.1 Å². The molecule has 2 aromatic heterocycles. The summed E-state index contributed by atoms with van der Waals surface area (Å²) in [4.78, 5) is 11.4. The van der Waals surface area contributed by atoms with Gasteiger partial charge in [-0.1, -0.05) is 6.42 Å². The summed E-state index contributed by atoms with van der Waals surface area (Å²) in [5.41, 5.74) is 2.25. The van der Waals surface area contributed by atoms with Crippen LogP contribution in [0.3, 0.4) is 0 Å². The second-order valence-electron chi connectivity index (χ2n) is 5.60. The minimum atomic E-state index is -0.234. The van der Waals surface area contributed by atoms with E-state index in [2.05, 4.69) is 15.3 Å². The molecule has 1 N–H and O–H groups in total. The number of anilines is 2. The smallest absolute Gasteiger partial charge is 0.142 e. The maximum absolute atomic E-state index is 13.0. The van der Waals surface area contributed by atoms with Crippen LogP contribution in [0, 0.1) is 5.82 Å². The van der Waals surface area contributed by atoms with E-state index in [4.69, 9.17) is 0 Å². The summed E-state index contributed by atoms with van der Waals surface area (Å²) in [5.74, 6) is 0.596. The molecule has 0 fully saturated rings. The number of hydrogen-bond acceptors (Lipinski definition) is 4. The normalized spacial score (nSPS) is 14.6. The molecule has 0 amide bonds.